The summed E-state index contributed by atoms with van der Waals surface area (Å²) in [7, 11) is -4.67. The van der Waals surface area contributed by atoms with E-state index in [0.717, 1.165) is 0 Å². The maximum Gasteiger partial charge on any atom is 0.470 e. The molecule has 2 atom stereocenters. The van der Waals surface area contributed by atoms with E-state index < -0.39 is 18.3 Å². The van der Waals surface area contributed by atoms with Crippen molar-refractivity contribution < 1.29 is 18.9 Å². The van der Waals surface area contributed by atoms with E-state index in [1.807, 2.05) is 0 Å². The first-order valence-corrected chi connectivity index (χ1v) is 12.0. The van der Waals surface area contributed by atoms with Crippen molar-refractivity contribution in [3.63, 3.8) is 0 Å². The van der Waals surface area contributed by atoms with Crippen LogP contribution in [0.1, 0.15) is 19.3 Å². The van der Waals surface area contributed by atoms with Gasteiger partial charge in [-0.05, 0) is 12.8 Å². The lowest BCUT2D eigenvalue weighted by atomic mass is 9.90. The predicted molar refractivity (Wildman–Crippen MR) is 98.2 cm³/mol. The molecule has 0 amide bonds. The second kappa shape index (κ2) is 10.5. The zero-order valence-corrected chi connectivity index (χ0v) is 18.9. The molecule has 0 radical (unpaired) electrons. The zero-order chi connectivity index (χ0) is 16.0. The third-order valence-electron chi connectivity index (χ3n) is 2.36. The molecular formula is C9H15Br4Cl2O4P. The van der Waals surface area contributed by atoms with Crippen molar-refractivity contribution >= 4 is 94.7 Å². The van der Waals surface area contributed by atoms with Gasteiger partial charge in [0, 0.05) is 26.7 Å². The van der Waals surface area contributed by atoms with Crippen molar-refractivity contribution in [3.8, 4) is 0 Å². The monoisotopic (exact) mass is 604 g/mol. The molecule has 4 nitrogen and oxygen atoms in total. The number of phosphoric acid groups is 1. The Labute approximate surface area is 162 Å². The number of halogens is 6. The fourth-order valence-corrected chi connectivity index (χ4v) is 4.74. The molecule has 0 bridgehead atoms. The molecule has 0 rings (SSSR count). The molecule has 0 aliphatic heterocycles. The van der Waals surface area contributed by atoms with E-state index in [4.69, 9.17) is 27.7 Å². The van der Waals surface area contributed by atoms with E-state index in [1.54, 1.807) is 0 Å². The average molecular weight is 609 g/mol. The van der Waals surface area contributed by atoms with E-state index in [-0.39, 0.29) is 16.1 Å². The Balaban J connectivity index is 5.31. The molecule has 0 aromatic heterocycles. The minimum Gasteiger partial charge on any atom is -0.303 e. The molecule has 20 heavy (non-hydrogen) atoms. The lowest BCUT2D eigenvalue weighted by molar-refractivity contribution is 0.0169. The summed E-state index contributed by atoms with van der Waals surface area (Å²) in [4.78, 5) is 17.5. The molecule has 0 saturated heterocycles. The van der Waals surface area contributed by atoms with Gasteiger partial charge < -0.3 is 9.79 Å². The molecule has 122 valence electrons. The minimum absolute atomic E-state index is 0.0313. The fraction of sp³-hybridized carbons (Fsp3) is 1.00. The van der Waals surface area contributed by atoms with Crippen molar-refractivity contribution in [2.45, 2.75) is 39.4 Å². The largest absolute Gasteiger partial charge is 0.470 e. The lowest BCUT2D eigenvalue weighted by Crippen LogP contribution is -2.39. The van der Waals surface area contributed by atoms with E-state index in [1.165, 1.54) is 0 Å². The van der Waals surface area contributed by atoms with Crippen LogP contribution in [0.5, 0.6) is 0 Å². The van der Waals surface area contributed by atoms with Crippen LogP contribution in [0.15, 0.2) is 0 Å². The highest BCUT2D eigenvalue weighted by atomic mass is 79.9. The van der Waals surface area contributed by atoms with Gasteiger partial charge in [-0.15, -0.1) is 23.2 Å². The number of alkyl halides is 6. The van der Waals surface area contributed by atoms with Crippen molar-refractivity contribution in [3.05, 3.63) is 0 Å². The van der Waals surface area contributed by atoms with E-state index in [9.17, 15) is 14.4 Å². The first-order valence-electron chi connectivity index (χ1n) is 5.48. The summed E-state index contributed by atoms with van der Waals surface area (Å²) in [6, 6.07) is 0. The van der Waals surface area contributed by atoms with E-state index >= 15 is 0 Å². The Bertz CT molecular complexity index is 319. The highest BCUT2D eigenvalue weighted by Gasteiger charge is 2.42. The molecule has 0 aromatic rings. The summed E-state index contributed by atoms with van der Waals surface area (Å²) in [5.74, 6) is 0. The first kappa shape index (κ1) is 22.6. The Morgan fingerprint density at radius 3 is 1.70 bits per heavy atom. The van der Waals surface area contributed by atoms with Gasteiger partial charge in [-0.2, -0.15) is 0 Å². The molecule has 0 fully saturated rings. The lowest BCUT2D eigenvalue weighted by Gasteiger charge is -2.37. The summed E-state index contributed by atoms with van der Waals surface area (Å²) in [6.45, 7) is 0. The van der Waals surface area contributed by atoms with Gasteiger partial charge in [0.25, 0.3) is 0 Å². The maximum absolute atomic E-state index is 11.3. The van der Waals surface area contributed by atoms with Gasteiger partial charge in [-0.1, -0.05) is 63.7 Å². The first-order chi connectivity index (χ1) is 9.03. The molecule has 11 heteroatoms. The van der Waals surface area contributed by atoms with Gasteiger partial charge in [0.1, 0.15) is 4.84 Å². The second-order valence-electron chi connectivity index (χ2n) is 4.27. The molecule has 2 unspecified atom stereocenters. The third-order valence-corrected chi connectivity index (χ3v) is 7.89. The van der Waals surface area contributed by atoms with Gasteiger partial charge in [0.2, 0.25) is 0 Å². The number of phosphoric ester groups is 1. The predicted octanol–water partition coefficient (Wildman–Crippen LogP) is 5.13. The fourth-order valence-electron chi connectivity index (χ4n) is 1.81. The zero-order valence-electron chi connectivity index (χ0n) is 10.2. The van der Waals surface area contributed by atoms with Crippen molar-refractivity contribution in [1.29, 1.82) is 0 Å². The third kappa shape index (κ3) is 10.4. The summed E-state index contributed by atoms with van der Waals surface area (Å²) in [5.41, 5.74) is -1.13. The van der Waals surface area contributed by atoms with Gasteiger partial charge in [0.05, 0.1) is 5.60 Å². The van der Waals surface area contributed by atoms with Crippen LogP contribution in [0.2, 0.25) is 0 Å². The summed E-state index contributed by atoms with van der Waals surface area (Å²) in [6.07, 6.45) is 0.828. The van der Waals surface area contributed by atoms with Crippen LogP contribution in [-0.4, -0.2) is 40.5 Å². The van der Waals surface area contributed by atoms with Gasteiger partial charge >= 0.3 is 7.82 Å². The van der Waals surface area contributed by atoms with Crippen molar-refractivity contribution in [1.82, 2.24) is 0 Å². The quantitative estimate of drug-likeness (QED) is 0.267. The molecule has 0 saturated carbocycles. The summed E-state index contributed by atoms with van der Waals surface area (Å²) >= 11 is 25.1. The Hall–Kier alpha value is 2.61. The second-order valence-corrected chi connectivity index (χ2v) is 10.6. The number of rotatable bonds is 10. The van der Waals surface area contributed by atoms with Crippen LogP contribution >= 0.6 is 94.7 Å². The molecule has 0 aromatic carbocycles. The van der Waals surface area contributed by atoms with Crippen LogP contribution in [0.3, 0.4) is 0 Å². The highest BCUT2D eigenvalue weighted by Crippen LogP contribution is 2.48. The topological polar surface area (TPSA) is 66.8 Å². The number of hydrogen-bond donors (Lipinski definition) is 2. The van der Waals surface area contributed by atoms with Crippen LogP contribution in [-0.2, 0) is 9.09 Å². The van der Waals surface area contributed by atoms with Crippen molar-refractivity contribution in [2.75, 3.05) is 10.7 Å². The Morgan fingerprint density at radius 1 is 1.05 bits per heavy atom. The smallest absolute Gasteiger partial charge is 0.303 e. The van der Waals surface area contributed by atoms with E-state index in [0.29, 0.717) is 23.5 Å². The summed E-state index contributed by atoms with van der Waals surface area (Å²) < 4.78 is 16.4. The standard InChI is InChI=1S/C9H15Br4Cl2O4P/c10-4-6(12)1-9(3-8(14)15,2-7(13)5-11)19-20(16,17)18/h6-8H,1-5H2,(H2,16,17,18). The van der Waals surface area contributed by atoms with Crippen molar-refractivity contribution in [2.24, 2.45) is 0 Å². The Kier molecular flexibility index (Phi) is 11.8. The van der Waals surface area contributed by atoms with E-state index in [2.05, 4.69) is 63.7 Å². The summed E-state index contributed by atoms with van der Waals surface area (Å²) in [5, 5.41) is 1.21. The normalized spacial score (nSPS) is 18.9. The molecule has 2 N–H and O–H groups in total. The maximum atomic E-state index is 11.3. The molecule has 0 spiro atoms. The molecule has 0 aliphatic rings. The van der Waals surface area contributed by atoms with Gasteiger partial charge in [-0.3, -0.25) is 4.52 Å². The average Bonchev–Trinajstić information content (AvgIpc) is 2.24. The van der Waals surface area contributed by atoms with Crippen LogP contribution in [0.4, 0.5) is 0 Å². The highest BCUT2D eigenvalue weighted by molar-refractivity contribution is 9.12. The molecule has 0 aliphatic carbocycles. The number of hydrogen-bond acceptors (Lipinski definition) is 2. The Morgan fingerprint density at radius 2 is 1.45 bits per heavy atom. The van der Waals surface area contributed by atoms with Gasteiger partial charge in [0.15, 0.2) is 0 Å². The van der Waals surface area contributed by atoms with Crippen LogP contribution < -0.4 is 0 Å². The molecular weight excluding hydrogens is 594 g/mol. The van der Waals surface area contributed by atoms with Crippen LogP contribution in [0.25, 0.3) is 0 Å². The minimum atomic E-state index is -4.67. The SMILES string of the molecule is O=P(O)(O)OC(CC(Cl)Cl)(CC(Br)CBr)CC(Br)CBr. The molecule has 0 heterocycles. The van der Waals surface area contributed by atoms with Gasteiger partial charge in [-0.25, -0.2) is 4.57 Å². The van der Waals surface area contributed by atoms with Crippen LogP contribution in [0, 0.1) is 0 Å².